The van der Waals surface area contributed by atoms with Crippen molar-refractivity contribution in [3.63, 3.8) is 0 Å². The molecule has 3 N–H and O–H groups in total. The number of nitrogens with one attached hydrogen (secondary N) is 3. The Morgan fingerprint density at radius 2 is 2.09 bits per heavy atom. The van der Waals surface area contributed by atoms with Crippen molar-refractivity contribution in [2.24, 2.45) is 0 Å². The molecule has 9 nitrogen and oxygen atoms in total. The standard InChI is InChI=1S/C13H15N5O4S/c1-14-23(21,22)7-6-16-12(19)9-8-17-11(18-13(9)20)10-4-2-3-5-15-10/h2-5,8,14H,6-7H2,1H3,(H,16,19)(H,17,18,20). The fourth-order valence-electron chi connectivity index (χ4n) is 1.69. The molecule has 122 valence electrons. The zero-order valence-electron chi connectivity index (χ0n) is 12.2. The summed E-state index contributed by atoms with van der Waals surface area (Å²) < 4.78 is 24.6. The first kappa shape index (κ1) is 16.8. The van der Waals surface area contributed by atoms with Gasteiger partial charge in [-0.2, -0.15) is 0 Å². The summed E-state index contributed by atoms with van der Waals surface area (Å²) in [6, 6.07) is 5.13. The fraction of sp³-hybridized carbons (Fsp3) is 0.231. The van der Waals surface area contributed by atoms with Crippen molar-refractivity contribution in [1.82, 2.24) is 25.0 Å². The van der Waals surface area contributed by atoms with Crippen LogP contribution in [0.3, 0.4) is 0 Å². The van der Waals surface area contributed by atoms with E-state index in [0.29, 0.717) is 5.69 Å². The lowest BCUT2D eigenvalue weighted by Gasteiger charge is -2.05. The number of pyridine rings is 1. The third-order valence-corrected chi connectivity index (χ3v) is 4.28. The molecule has 0 aliphatic heterocycles. The summed E-state index contributed by atoms with van der Waals surface area (Å²) in [5.41, 5.74) is -0.363. The highest BCUT2D eigenvalue weighted by Gasteiger charge is 2.14. The molecule has 2 aromatic rings. The maximum Gasteiger partial charge on any atom is 0.264 e. The summed E-state index contributed by atoms with van der Waals surface area (Å²) in [4.78, 5) is 34.4. The van der Waals surface area contributed by atoms with E-state index >= 15 is 0 Å². The monoisotopic (exact) mass is 337 g/mol. The average molecular weight is 337 g/mol. The number of carbonyl (C=O) groups excluding carboxylic acids is 1. The van der Waals surface area contributed by atoms with Crippen molar-refractivity contribution < 1.29 is 13.2 Å². The molecule has 0 bridgehead atoms. The largest absolute Gasteiger partial charge is 0.351 e. The van der Waals surface area contributed by atoms with Gasteiger partial charge in [0.1, 0.15) is 11.3 Å². The molecular formula is C13H15N5O4S. The lowest BCUT2D eigenvalue weighted by molar-refractivity contribution is 0.0954. The normalized spacial score (nSPS) is 11.2. The van der Waals surface area contributed by atoms with E-state index in [9.17, 15) is 18.0 Å². The van der Waals surface area contributed by atoms with Gasteiger partial charge in [0.05, 0.1) is 5.75 Å². The Labute approximate surface area is 132 Å². The molecule has 2 rings (SSSR count). The molecule has 23 heavy (non-hydrogen) atoms. The number of sulfonamides is 1. The van der Waals surface area contributed by atoms with Crippen LogP contribution in [0.1, 0.15) is 10.4 Å². The van der Waals surface area contributed by atoms with E-state index in [1.165, 1.54) is 7.05 Å². The molecule has 2 heterocycles. The second kappa shape index (κ2) is 7.11. The lowest BCUT2D eigenvalue weighted by Crippen LogP contribution is -2.35. The van der Waals surface area contributed by atoms with Crippen molar-refractivity contribution in [3.05, 3.63) is 46.5 Å². The van der Waals surface area contributed by atoms with Gasteiger partial charge in [-0.05, 0) is 19.2 Å². The third kappa shape index (κ3) is 4.44. The highest BCUT2D eigenvalue weighted by molar-refractivity contribution is 7.89. The van der Waals surface area contributed by atoms with Crippen LogP contribution in [-0.2, 0) is 10.0 Å². The molecule has 0 spiro atoms. The predicted octanol–water partition coefficient (Wildman–Crippen LogP) is -0.889. The van der Waals surface area contributed by atoms with Crippen LogP contribution in [0.25, 0.3) is 11.5 Å². The second-order valence-electron chi connectivity index (χ2n) is 4.47. The maximum atomic E-state index is 12.0. The number of H-pyrrole nitrogens is 1. The zero-order chi connectivity index (χ0) is 16.9. The Kier molecular flexibility index (Phi) is 5.19. The Hall–Kier alpha value is -2.59. The highest BCUT2D eigenvalue weighted by atomic mass is 32.2. The zero-order valence-corrected chi connectivity index (χ0v) is 13.1. The first-order valence-corrected chi connectivity index (χ1v) is 8.28. The number of aromatic nitrogens is 3. The van der Waals surface area contributed by atoms with E-state index in [4.69, 9.17) is 0 Å². The number of aromatic amines is 1. The smallest absolute Gasteiger partial charge is 0.264 e. The third-order valence-electron chi connectivity index (χ3n) is 2.92. The first-order chi connectivity index (χ1) is 10.9. The molecule has 10 heteroatoms. The van der Waals surface area contributed by atoms with Gasteiger partial charge in [0, 0.05) is 18.9 Å². The summed E-state index contributed by atoms with van der Waals surface area (Å²) in [6.45, 7) is -0.122. The maximum absolute atomic E-state index is 12.0. The molecule has 0 unspecified atom stereocenters. The molecule has 0 fully saturated rings. The molecule has 1 amide bonds. The van der Waals surface area contributed by atoms with Crippen LogP contribution in [0.4, 0.5) is 0 Å². The lowest BCUT2D eigenvalue weighted by atomic mass is 10.3. The number of carbonyl (C=O) groups is 1. The summed E-state index contributed by atoms with van der Waals surface area (Å²) in [5.74, 6) is -0.741. The van der Waals surface area contributed by atoms with Gasteiger partial charge >= 0.3 is 0 Å². The minimum atomic E-state index is -3.42. The Morgan fingerprint density at radius 1 is 1.30 bits per heavy atom. The summed E-state index contributed by atoms with van der Waals surface area (Å²) in [6.07, 6.45) is 2.68. The van der Waals surface area contributed by atoms with E-state index in [1.54, 1.807) is 24.4 Å². The van der Waals surface area contributed by atoms with E-state index in [1.807, 2.05) is 0 Å². The molecule has 0 aliphatic rings. The minimum Gasteiger partial charge on any atom is -0.351 e. The Bertz CT molecular complexity index is 848. The van der Waals surface area contributed by atoms with E-state index < -0.39 is 21.5 Å². The van der Waals surface area contributed by atoms with Crippen molar-refractivity contribution in [3.8, 4) is 11.5 Å². The molecule has 0 aromatic carbocycles. The van der Waals surface area contributed by atoms with Gasteiger partial charge in [0.2, 0.25) is 10.0 Å². The van der Waals surface area contributed by atoms with Gasteiger partial charge < -0.3 is 10.3 Å². The summed E-state index contributed by atoms with van der Waals surface area (Å²) in [7, 11) is -2.14. The van der Waals surface area contributed by atoms with Crippen LogP contribution in [0.2, 0.25) is 0 Å². The fourth-order valence-corrected chi connectivity index (χ4v) is 2.26. The molecule has 0 atom stereocenters. The Balaban J connectivity index is 2.09. The van der Waals surface area contributed by atoms with Crippen LogP contribution < -0.4 is 15.6 Å². The molecule has 2 aromatic heterocycles. The van der Waals surface area contributed by atoms with Gasteiger partial charge in [0.15, 0.2) is 5.82 Å². The van der Waals surface area contributed by atoms with Gasteiger partial charge in [-0.1, -0.05) is 6.07 Å². The van der Waals surface area contributed by atoms with Gasteiger partial charge in [-0.3, -0.25) is 14.6 Å². The number of hydrogen-bond acceptors (Lipinski definition) is 6. The SMILES string of the molecule is CNS(=O)(=O)CCNC(=O)c1cnc(-c2ccccn2)[nH]c1=O. The summed E-state index contributed by atoms with van der Waals surface area (Å²) >= 11 is 0. The molecule has 0 aliphatic carbocycles. The van der Waals surface area contributed by atoms with Gasteiger partial charge in [0.25, 0.3) is 11.5 Å². The number of amides is 1. The Morgan fingerprint density at radius 3 is 2.70 bits per heavy atom. The predicted molar refractivity (Wildman–Crippen MR) is 83.3 cm³/mol. The number of nitrogens with zero attached hydrogens (tertiary/aromatic N) is 2. The topological polar surface area (TPSA) is 134 Å². The van der Waals surface area contributed by atoms with Gasteiger partial charge in [-0.25, -0.2) is 18.1 Å². The first-order valence-electron chi connectivity index (χ1n) is 6.63. The molecule has 0 saturated carbocycles. The van der Waals surface area contributed by atoms with Crippen molar-refractivity contribution in [2.75, 3.05) is 19.3 Å². The molecule has 0 saturated heterocycles. The quantitative estimate of drug-likeness (QED) is 0.626. The average Bonchev–Trinajstić information content (AvgIpc) is 2.55. The minimum absolute atomic E-state index is 0.122. The van der Waals surface area contributed by atoms with Crippen molar-refractivity contribution >= 4 is 15.9 Å². The van der Waals surface area contributed by atoms with Crippen molar-refractivity contribution in [2.45, 2.75) is 0 Å². The summed E-state index contributed by atoms with van der Waals surface area (Å²) in [5, 5.41) is 2.36. The molecular weight excluding hydrogens is 322 g/mol. The van der Waals surface area contributed by atoms with Crippen LogP contribution in [0.15, 0.2) is 35.4 Å². The van der Waals surface area contributed by atoms with Gasteiger partial charge in [-0.15, -0.1) is 0 Å². The highest BCUT2D eigenvalue weighted by Crippen LogP contribution is 2.07. The number of rotatable bonds is 6. The van der Waals surface area contributed by atoms with E-state index in [2.05, 4.69) is 25.0 Å². The van der Waals surface area contributed by atoms with Crippen LogP contribution in [0.5, 0.6) is 0 Å². The van der Waals surface area contributed by atoms with Crippen molar-refractivity contribution in [1.29, 1.82) is 0 Å². The number of hydrogen-bond donors (Lipinski definition) is 3. The van der Waals surface area contributed by atoms with E-state index in [-0.39, 0.29) is 23.7 Å². The van der Waals surface area contributed by atoms with E-state index in [0.717, 1.165) is 6.20 Å². The van der Waals surface area contributed by atoms with Crippen LogP contribution in [-0.4, -0.2) is 48.6 Å². The molecule has 0 radical (unpaired) electrons. The van der Waals surface area contributed by atoms with Crippen LogP contribution in [0, 0.1) is 0 Å². The second-order valence-corrected chi connectivity index (χ2v) is 6.51. The van der Waals surface area contributed by atoms with Crippen LogP contribution >= 0.6 is 0 Å².